The predicted octanol–water partition coefficient (Wildman–Crippen LogP) is 4.58. The zero-order chi connectivity index (χ0) is 12.4. The van der Waals surface area contributed by atoms with Gasteiger partial charge in [0, 0.05) is 10.7 Å². The Balaban J connectivity index is 1.90. The number of benzene rings is 2. The monoisotopic (exact) mass is 300 g/mol. The van der Waals surface area contributed by atoms with Gasteiger partial charge in [0.2, 0.25) is 0 Å². The molecule has 92 valence electrons. The quantitative estimate of drug-likeness (QED) is 0.725. The van der Waals surface area contributed by atoms with Crippen molar-refractivity contribution in [2.24, 2.45) is 5.92 Å². The molecule has 0 nitrogen and oxygen atoms in total. The Kier molecular flexibility index (Phi) is 3.25. The summed E-state index contributed by atoms with van der Waals surface area (Å²) in [5.74, 6) is 0.778. The van der Waals surface area contributed by atoms with E-state index in [4.69, 9.17) is 0 Å². The zero-order valence-corrected chi connectivity index (χ0v) is 11.9. The van der Waals surface area contributed by atoms with Crippen molar-refractivity contribution in [2.45, 2.75) is 18.3 Å². The van der Waals surface area contributed by atoms with E-state index >= 15 is 0 Å². The Hall–Kier alpha value is -1.08. The fourth-order valence-electron chi connectivity index (χ4n) is 2.99. The van der Waals surface area contributed by atoms with Crippen LogP contribution in [-0.4, -0.2) is 5.33 Å². The Morgan fingerprint density at radius 3 is 2.11 bits per heavy atom. The molecule has 0 aliphatic heterocycles. The van der Waals surface area contributed by atoms with Gasteiger partial charge in [0.15, 0.2) is 0 Å². The van der Waals surface area contributed by atoms with E-state index in [-0.39, 0.29) is 0 Å². The molecule has 1 aliphatic carbocycles. The van der Waals surface area contributed by atoms with Gasteiger partial charge in [-0.05, 0) is 29.9 Å². The molecule has 2 aromatic carbocycles. The molecule has 18 heavy (non-hydrogen) atoms. The van der Waals surface area contributed by atoms with Crippen LogP contribution >= 0.6 is 15.9 Å². The van der Waals surface area contributed by atoms with E-state index in [1.165, 1.54) is 17.5 Å². The minimum absolute atomic E-state index is 0.367. The highest BCUT2D eigenvalue weighted by molar-refractivity contribution is 9.09. The van der Waals surface area contributed by atoms with Gasteiger partial charge in [-0.3, -0.25) is 0 Å². The molecule has 2 unspecified atom stereocenters. The van der Waals surface area contributed by atoms with Crippen LogP contribution in [0.15, 0.2) is 60.7 Å². The van der Waals surface area contributed by atoms with Crippen molar-refractivity contribution in [3.05, 3.63) is 71.8 Å². The molecule has 0 heterocycles. The first-order valence-corrected chi connectivity index (χ1v) is 7.63. The highest BCUT2D eigenvalue weighted by atomic mass is 79.9. The molecule has 2 aromatic rings. The predicted molar refractivity (Wildman–Crippen MR) is 80.2 cm³/mol. The van der Waals surface area contributed by atoms with Crippen LogP contribution < -0.4 is 0 Å². The molecular weight excluding hydrogens is 284 g/mol. The third-order valence-electron chi connectivity index (χ3n) is 4.13. The lowest BCUT2D eigenvalue weighted by molar-refractivity contribution is 0.631. The van der Waals surface area contributed by atoms with Crippen molar-refractivity contribution in [1.29, 1.82) is 0 Å². The van der Waals surface area contributed by atoms with Gasteiger partial charge in [-0.1, -0.05) is 76.6 Å². The molecule has 3 rings (SSSR count). The normalized spacial score (nSPS) is 25.9. The van der Waals surface area contributed by atoms with Gasteiger partial charge in [0.1, 0.15) is 0 Å². The Labute approximate surface area is 117 Å². The highest BCUT2D eigenvalue weighted by Gasteiger charge is 2.53. The fraction of sp³-hybridized carbons (Fsp3) is 0.294. The first-order valence-electron chi connectivity index (χ1n) is 6.50. The molecule has 0 bridgehead atoms. The molecule has 1 fully saturated rings. The van der Waals surface area contributed by atoms with E-state index in [1.807, 2.05) is 0 Å². The van der Waals surface area contributed by atoms with Gasteiger partial charge in [-0.15, -0.1) is 0 Å². The second-order valence-corrected chi connectivity index (χ2v) is 5.89. The third kappa shape index (κ3) is 2.12. The third-order valence-corrected chi connectivity index (χ3v) is 4.91. The molecule has 0 saturated heterocycles. The average molecular weight is 301 g/mol. The topological polar surface area (TPSA) is 0 Å². The molecule has 0 amide bonds. The summed E-state index contributed by atoms with van der Waals surface area (Å²) >= 11 is 3.66. The summed E-state index contributed by atoms with van der Waals surface area (Å²) in [5, 5.41) is 1.11. The average Bonchev–Trinajstić information content (AvgIpc) is 3.15. The Morgan fingerprint density at radius 1 is 0.944 bits per heavy atom. The number of halogens is 1. The van der Waals surface area contributed by atoms with Gasteiger partial charge in [0.05, 0.1) is 0 Å². The first kappa shape index (κ1) is 12.0. The summed E-state index contributed by atoms with van der Waals surface area (Å²) < 4.78 is 0. The van der Waals surface area contributed by atoms with Crippen molar-refractivity contribution in [3.63, 3.8) is 0 Å². The number of hydrogen-bond acceptors (Lipinski definition) is 0. The molecule has 2 atom stereocenters. The number of alkyl halides is 1. The van der Waals surface area contributed by atoms with E-state index in [0.29, 0.717) is 5.41 Å². The largest absolute Gasteiger partial charge is 0.0925 e. The first-order chi connectivity index (χ1) is 8.85. The molecule has 0 N–H and O–H groups in total. The summed E-state index contributed by atoms with van der Waals surface area (Å²) in [5.41, 5.74) is 3.31. The zero-order valence-electron chi connectivity index (χ0n) is 10.4. The van der Waals surface area contributed by atoms with Gasteiger partial charge < -0.3 is 0 Å². The van der Waals surface area contributed by atoms with Gasteiger partial charge in [-0.2, -0.15) is 0 Å². The van der Waals surface area contributed by atoms with Crippen LogP contribution in [0.2, 0.25) is 0 Å². The highest BCUT2D eigenvalue weighted by Crippen LogP contribution is 2.56. The lowest BCUT2D eigenvalue weighted by atomic mass is 9.87. The Morgan fingerprint density at radius 2 is 1.56 bits per heavy atom. The maximum absolute atomic E-state index is 3.66. The van der Waals surface area contributed by atoms with E-state index in [1.54, 1.807) is 0 Å². The minimum Gasteiger partial charge on any atom is -0.0925 e. The SMILES string of the molecule is BrCC1CC1(Cc1ccccc1)c1ccccc1. The Bertz CT molecular complexity index is 506. The summed E-state index contributed by atoms with van der Waals surface area (Å²) in [6, 6.07) is 21.8. The molecule has 1 aliphatic rings. The molecule has 1 saturated carbocycles. The van der Waals surface area contributed by atoms with E-state index in [9.17, 15) is 0 Å². The number of hydrogen-bond donors (Lipinski definition) is 0. The van der Waals surface area contributed by atoms with Crippen LogP contribution in [0.5, 0.6) is 0 Å². The number of rotatable bonds is 4. The maximum Gasteiger partial charge on any atom is 0.00686 e. The van der Waals surface area contributed by atoms with Crippen LogP contribution in [0.3, 0.4) is 0 Å². The van der Waals surface area contributed by atoms with Gasteiger partial charge >= 0.3 is 0 Å². The van der Waals surface area contributed by atoms with Crippen LogP contribution in [0.1, 0.15) is 17.5 Å². The van der Waals surface area contributed by atoms with Crippen molar-refractivity contribution in [1.82, 2.24) is 0 Å². The molecule has 0 aromatic heterocycles. The summed E-state index contributed by atoms with van der Waals surface area (Å²) in [7, 11) is 0. The van der Waals surface area contributed by atoms with Crippen LogP contribution in [-0.2, 0) is 11.8 Å². The molecule has 0 spiro atoms. The second kappa shape index (κ2) is 4.89. The van der Waals surface area contributed by atoms with Crippen molar-refractivity contribution < 1.29 is 0 Å². The van der Waals surface area contributed by atoms with Gasteiger partial charge in [-0.25, -0.2) is 0 Å². The van der Waals surface area contributed by atoms with Crippen LogP contribution in [0.25, 0.3) is 0 Å². The standard InChI is InChI=1S/C17H17Br/c18-13-16-12-17(16,15-9-5-2-6-10-15)11-14-7-3-1-4-8-14/h1-10,16H,11-13H2. The van der Waals surface area contributed by atoms with Crippen LogP contribution in [0.4, 0.5) is 0 Å². The smallest absolute Gasteiger partial charge is 0.00686 e. The fourth-order valence-corrected chi connectivity index (χ4v) is 3.83. The second-order valence-electron chi connectivity index (χ2n) is 5.24. The lowest BCUT2D eigenvalue weighted by Gasteiger charge is -2.18. The van der Waals surface area contributed by atoms with Crippen molar-refractivity contribution in [2.75, 3.05) is 5.33 Å². The summed E-state index contributed by atoms with van der Waals surface area (Å²) in [4.78, 5) is 0. The molecular formula is C17H17Br. The maximum atomic E-state index is 3.66. The van der Waals surface area contributed by atoms with E-state index < -0.39 is 0 Å². The molecule has 0 radical (unpaired) electrons. The summed E-state index contributed by atoms with van der Waals surface area (Å²) in [6.07, 6.45) is 2.46. The van der Waals surface area contributed by atoms with Crippen molar-refractivity contribution >= 4 is 15.9 Å². The minimum atomic E-state index is 0.367. The van der Waals surface area contributed by atoms with E-state index in [2.05, 4.69) is 76.6 Å². The van der Waals surface area contributed by atoms with E-state index in [0.717, 1.165) is 17.7 Å². The van der Waals surface area contributed by atoms with Crippen molar-refractivity contribution in [3.8, 4) is 0 Å². The summed E-state index contributed by atoms with van der Waals surface area (Å²) in [6.45, 7) is 0. The van der Waals surface area contributed by atoms with Gasteiger partial charge in [0.25, 0.3) is 0 Å². The molecule has 1 heteroatoms. The van der Waals surface area contributed by atoms with Crippen LogP contribution in [0, 0.1) is 5.92 Å². The lowest BCUT2D eigenvalue weighted by Crippen LogP contribution is -2.14.